The summed E-state index contributed by atoms with van der Waals surface area (Å²) in [6.07, 6.45) is 7.91. The van der Waals surface area contributed by atoms with Crippen molar-refractivity contribution in [1.82, 2.24) is 14.1 Å². The lowest BCUT2D eigenvalue weighted by atomic mass is 10.2. The average molecular weight is 211 g/mol. The molecule has 2 heterocycles. The first-order valence-electron chi connectivity index (χ1n) is 4.93. The van der Waals surface area contributed by atoms with Gasteiger partial charge < -0.3 is 4.57 Å². The van der Waals surface area contributed by atoms with Crippen molar-refractivity contribution in [3.05, 3.63) is 49.2 Å². The van der Waals surface area contributed by atoms with Crippen LogP contribution >= 0.6 is 0 Å². The largest absolute Gasteiger partial charge is 0.304 e. The van der Waals surface area contributed by atoms with Crippen LogP contribution in [0, 0.1) is 0 Å². The Morgan fingerprint density at radius 1 is 1.25 bits per heavy atom. The van der Waals surface area contributed by atoms with E-state index in [1.54, 1.807) is 23.3 Å². The van der Waals surface area contributed by atoms with Gasteiger partial charge in [0.25, 0.3) is 0 Å². The van der Waals surface area contributed by atoms with Gasteiger partial charge in [0.1, 0.15) is 0 Å². The van der Waals surface area contributed by atoms with Crippen LogP contribution in [0.15, 0.2) is 49.2 Å². The van der Waals surface area contributed by atoms with Gasteiger partial charge in [-0.25, -0.2) is 4.98 Å². The number of hydrogen-bond donors (Lipinski definition) is 0. The SMILES string of the molecule is O=Cn1cc(-n2ccnc2)c2ccccc21. The third-order valence-electron chi connectivity index (χ3n) is 2.62. The predicted octanol–water partition coefficient (Wildman–Crippen LogP) is 1.87. The molecule has 0 fully saturated rings. The highest BCUT2D eigenvalue weighted by atomic mass is 16.1. The summed E-state index contributed by atoms with van der Waals surface area (Å²) in [5, 5.41) is 1.03. The second-order valence-corrected chi connectivity index (χ2v) is 3.51. The molecule has 0 radical (unpaired) electrons. The van der Waals surface area contributed by atoms with Gasteiger partial charge in [0.15, 0.2) is 0 Å². The summed E-state index contributed by atoms with van der Waals surface area (Å²) in [4.78, 5) is 14.9. The average Bonchev–Trinajstić information content (AvgIpc) is 2.95. The van der Waals surface area contributed by atoms with Gasteiger partial charge in [-0.15, -0.1) is 0 Å². The smallest absolute Gasteiger partial charge is 0.218 e. The van der Waals surface area contributed by atoms with Crippen LogP contribution in [0.2, 0.25) is 0 Å². The van der Waals surface area contributed by atoms with Gasteiger partial charge in [-0.1, -0.05) is 18.2 Å². The van der Waals surface area contributed by atoms with E-state index < -0.39 is 0 Å². The molecule has 16 heavy (non-hydrogen) atoms. The maximum atomic E-state index is 10.9. The molecule has 0 saturated heterocycles. The van der Waals surface area contributed by atoms with Crippen LogP contribution in [0.1, 0.15) is 0 Å². The van der Waals surface area contributed by atoms with E-state index in [-0.39, 0.29) is 0 Å². The molecule has 4 nitrogen and oxygen atoms in total. The Morgan fingerprint density at radius 3 is 2.88 bits per heavy atom. The first-order valence-corrected chi connectivity index (χ1v) is 4.93. The summed E-state index contributed by atoms with van der Waals surface area (Å²) in [6.45, 7) is 0. The van der Waals surface area contributed by atoms with Gasteiger partial charge in [-0.2, -0.15) is 0 Å². The number of nitrogens with zero attached hydrogens (tertiary/aromatic N) is 3. The number of fused-ring (bicyclic) bond motifs is 1. The van der Waals surface area contributed by atoms with Crippen LogP contribution < -0.4 is 0 Å². The summed E-state index contributed by atoms with van der Waals surface area (Å²) < 4.78 is 3.47. The van der Waals surface area contributed by atoms with Crippen molar-refractivity contribution in [1.29, 1.82) is 0 Å². The Balaban J connectivity index is 2.37. The molecular formula is C12H9N3O. The van der Waals surface area contributed by atoms with Gasteiger partial charge in [-0.05, 0) is 6.07 Å². The van der Waals surface area contributed by atoms with E-state index in [1.807, 2.05) is 35.0 Å². The lowest BCUT2D eigenvalue weighted by Gasteiger charge is -1.97. The van der Waals surface area contributed by atoms with Crippen LogP contribution in [0.5, 0.6) is 0 Å². The number of carbonyl (C=O) groups excluding carboxylic acids is 1. The minimum atomic E-state index is 0.808. The zero-order chi connectivity index (χ0) is 11.0. The standard InChI is InChI=1S/C12H9N3O/c16-9-15-7-12(14-6-5-13-8-14)10-3-1-2-4-11(10)15/h1-9H. The van der Waals surface area contributed by atoms with Crippen molar-refractivity contribution in [2.45, 2.75) is 0 Å². The Morgan fingerprint density at radius 2 is 2.12 bits per heavy atom. The Bertz CT molecular complexity index is 637. The number of benzene rings is 1. The zero-order valence-electron chi connectivity index (χ0n) is 8.45. The maximum Gasteiger partial charge on any atom is 0.218 e. The molecule has 78 valence electrons. The van der Waals surface area contributed by atoms with Crippen LogP contribution in [0.3, 0.4) is 0 Å². The summed E-state index contributed by atoms with van der Waals surface area (Å²) in [6, 6.07) is 7.78. The quantitative estimate of drug-likeness (QED) is 0.607. The third kappa shape index (κ3) is 1.16. The van der Waals surface area contributed by atoms with Crippen molar-refractivity contribution < 1.29 is 4.79 Å². The second-order valence-electron chi connectivity index (χ2n) is 3.51. The number of rotatable bonds is 2. The molecule has 0 N–H and O–H groups in total. The predicted molar refractivity (Wildman–Crippen MR) is 61.2 cm³/mol. The fourth-order valence-corrected chi connectivity index (χ4v) is 1.88. The fourth-order valence-electron chi connectivity index (χ4n) is 1.88. The third-order valence-corrected chi connectivity index (χ3v) is 2.62. The normalized spacial score (nSPS) is 10.8. The molecular weight excluding hydrogens is 202 g/mol. The van der Waals surface area contributed by atoms with Gasteiger partial charge in [0, 0.05) is 24.0 Å². The summed E-state index contributed by atoms with van der Waals surface area (Å²) in [5.74, 6) is 0. The number of carbonyl (C=O) groups is 1. The topological polar surface area (TPSA) is 39.8 Å². The van der Waals surface area contributed by atoms with Gasteiger partial charge in [0.05, 0.1) is 17.5 Å². The number of hydrogen-bond acceptors (Lipinski definition) is 2. The van der Waals surface area contributed by atoms with E-state index in [4.69, 9.17) is 0 Å². The summed E-state index contributed by atoms with van der Waals surface area (Å²) in [7, 11) is 0. The highest BCUT2D eigenvalue weighted by Gasteiger charge is 2.08. The second kappa shape index (κ2) is 3.34. The molecule has 2 aromatic heterocycles. The molecule has 3 aromatic rings. The molecule has 0 bridgehead atoms. The van der Waals surface area contributed by atoms with Gasteiger partial charge >= 0.3 is 0 Å². The van der Waals surface area contributed by atoms with E-state index in [1.165, 1.54) is 0 Å². The molecule has 0 atom stereocenters. The molecule has 0 aliphatic carbocycles. The molecule has 3 rings (SSSR count). The lowest BCUT2D eigenvalue weighted by molar-refractivity contribution is 0.549. The molecule has 4 heteroatoms. The van der Waals surface area contributed by atoms with Crippen molar-refractivity contribution in [2.75, 3.05) is 0 Å². The summed E-state index contributed by atoms with van der Waals surface area (Å²) >= 11 is 0. The fraction of sp³-hybridized carbons (Fsp3) is 0. The molecule has 0 aliphatic rings. The molecule has 0 spiro atoms. The Hall–Kier alpha value is -2.36. The van der Waals surface area contributed by atoms with Crippen molar-refractivity contribution in [2.24, 2.45) is 0 Å². The van der Waals surface area contributed by atoms with Crippen LogP contribution in [0.4, 0.5) is 0 Å². The number of imidazole rings is 1. The Labute approximate surface area is 91.8 Å². The van der Waals surface area contributed by atoms with Crippen LogP contribution in [-0.4, -0.2) is 20.5 Å². The molecule has 0 unspecified atom stereocenters. The van der Waals surface area contributed by atoms with Crippen LogP contribution in [-0.2, 0) is 4.79 Å². The minimum absolute atomic E-state index is 0.808. The molecule has 0 saturated carbocycles. The van der Waals surface area contributed by atoms with E-state index in [2.05, 4.69) is 4.98 Å². The van der Waals surface area contributed by atoms with E-state index in [0.717, 1.165) is 23.0 Å². The van der Waals surface area contributed by atoms with E-state index in [0.29, 0.717) is 0 Å². The highest BCUT2D eigenvalue weighted by molar-refractivity contribution is 5.92. The first-order chi connectivity index (χ1) is 7.90. The summed E-state index contributed by atoms with van der Waals surface area (Å²) in [5.41, 5.74) is 1.86. The van der Waals surface area contributed by atoms with Crippen LogP contribution in [0.25, 0.3) is 16.6 Å². The van der Waals surface area contributed by atoms with Crippen molar-refractivity contribution >= 4 is 17.3 Å². The molecule has 1 aromatic carbocycles. The number of aromatic nitrogens is 3. The van der Waals surface area contributed by atoms with Gasteiger partial charge in [-0.3, -0.25) is 9.36 Å². The Kier molecular flexibility index (Phi) is 1.86. The lowest BCUT2D eigenvalue weighted by Crippen LogP contribution is -1.91. The molecule has 0 aliphatic heterocycles. The maximum absolute atomic E-state index is 10.9. The van der Waals surface area contributed by atoms with Crippen molar-refractivity contribution in [3.8, 4) is 5.69 Å². The van der Waals surface area contributed by atoms with Crippen molar-refractivity contribution in [3.63, 3.8) is 0 Å². The molecule has 0 amide bonds. The van der Waals surface area contributed by atoms with E-state index in [9.17, 15) is 4.79 Å². The zero-order valence-corrected chi connectivity index (χ0v) is 8.45. The minimum Gasteiger partial charge on any atom is -0.304 e. The van der Waals surface area contributed by atoms with Gasteiger partial charge in [0.2, 0.25) is 6.41 Å². The number of para-hydroxylation sites is 1. The monoisotopic (exact) mass is 211 g/mol. The van der Waals surface area contributed by atoms with E-state index >= 15 is 0 Å². The first kappa shape index (κ1) is 8.91. The highest BCUT2D eigenvalue weighted by Crippen LogP contribution is 2.23.